The molecule has 7 nitrogen and oxygen atoms in total. The minimum absolute atomic E-state index is 0.124. The summed E-state index contributed by atoms with van der Waals surface area (Å²) in [5.74, 6) is 0.124. The Morgan fingerprint density at radius 3 is 3.00 bits per heavy atom. The van der Waals surface area contributed by atoms with Crippen LogP contribution < -0.4 is 0 Å². The van der Waals surface area contributed by atoms with E-state index in [0.717, 1.165) is 42.5 Å². The first-order valence-electron chi connectivity index (χ1n) is 9.64. The summed E-state index contributed by atoms with van der Waals surface area (Å²) < 4.78 is 34.7. The van der Waals surface area contributed by atoms with Crippen molar-refractivity contribution in [2.45, 2.75) is 51.8 Å². The smallest absolute Gasteiger partial charge is 0.214 e. The highest BCUT2D eigenvalue weighted by Gasteiger charge is 2.36. The first-order chi connectivity index (χ1) is 13.1. The largest absolute Gasteiger partial charge is 0.376 e. The molecule has 1 saturated heterocycles. The lowest BCUT2D eigenvalue weighted by atomic mass is 9.97. The Bertz CT molecular complexity index is 895. The molecule has 0 radical (unpaired) electrons. The number of piperidine rings is 1. The van der Waals surface area contributed by atoms with E-state index in [1.165, 1.54) is 5.69 Å². The van der Waals surface area contributed by atoms with Gasteiger partial charge in [0.05, 0.1) is 37.2 Å². The quantitative estimate of drug-likeness (QED) is 0.783. The molecule has 2 aliphatic rings. The minimum atomic E-state index is -3.26. The highest BCUT2D eigenvalue weighted by atomic mass is 32.2. The second-order valence-corrected chi connectivity index (χ2v) is 9.37. The number of nitrogens with zero attached hydrogens (tertiary/aromatic N) is 4. The van der Waals surface area contributed by atoms with Crippen LogP contribution in [0.4, 0.5) is 0 Å². The predicted octanol–water partition coefficient (Wildman–Crippen LogP) is 2.28. The third kappa shape index (κ3) is 3.66. The molecule has 1 fully saturated rings. The summed E-state index contributed by atoms with van der Waals surface area (Å²) in [6.45, 7) is 4.11. The van der Waals surface area contributed by atoms with Crippen molar-refractivity contribution in [3.63, 3.8) is 0 Å². The number of rotatable bonds is 5. The molecule has 146 valence electrons. The van der Waals surface area contributed by atoms with Crippen LogP contribution in [0.1, 0.15) is 54.7 Å². The third-order valence-corrected chi connectivity index (χ3v) is 7.35. The zero-order valence-corrected chi connectivity index (χ0v) is 16.5. The summed E-state index contributed by atoms with van der Waals surface area (Å²) >= 11 is 0. The molecule has 8 heteroatoms. The summed E-state index contributed by atoms with van der Waals surface area (Å²) in [4.78, 5) is 4.19. The molecule has 0 saturated carbocycles. The van der Waals surface area contributed by atoms with Gasteiger partial charge in [-0.1, -0.05) is 12.5 Å². The van der Waals surface area contributed by atoms with Gasteiger partial charge in [0.15, 0.2) is 0 Å². The molecule has 0 aromatic carbocycles. The van der Waals surface area contributed by atoms with Crippen LogP contribution in [0, 0.1) is 0 Å². The first kappa shape index (κ1) is 18.6. The molecular formula is C19H26N4O3S. The van der Waals surface area contributed by atoms with E-state index in [4.69, 9.17) is 9.84 Å². The normalized spacial score (nSPS) is 21.1. The van der Waals surface area contributed by atoms with Crippen molar-refractivity contribution in [3.8, 4) is 0 Å². The number of fused-ring (bicyclic) bond motifs is 1. The maximum atomic E-state index is 12.7. The van der Waals surface area contributed by atoms with Gasteiger partial charge in [-0.3, -0.25) is 9.67 Å². The molecule has 0 aliphatic carbocycles. The van der Waals surface area contributed by atoms with Crippen molar-refractivity contribution in [3.05, 3.63) is 47.0 Å². The number of sulfonamides is 1. The van der Waals surface area contributed by atoms with Crippen LogP contribution >= 0.6 is 0 Å². The molecule has 4 heterocycles. The van der Waals surface area contributed by atoms with Gasteiger partial charge in [-0.05, 0) is 31.4 Å². The minimum Gasteiger partial charge on any atom is -0.376 e. The van der Waals surface area contributed by atoms with Gasteiger partial charge in [-0.15, -0.1) is 0 Å². The second-order valence-electron chi connectivity index (χ2n) is 7.15. The number of hydrogen-bond acceptors (Lipinski definition) is 5. The molecule has 0 spiro atoms. The SMILES string of the molecule is CCS(=O)(=O)N1CCCCC1c1nn(Cc2cccnc2)c2c1COCC2. The Morgan fingerprint density at radius 1 is 1.33 bits per heavy atom. The van der Waals surface area contributed by atoms with Gasteiger partial charge in [-0.2, -0.15) is 9.40 Å². The standard InChI is InChI=1S/C19H26N4O3S/c1-2-27(24,25)23-10-4-3-7-18(23)19-16-14-26-11-8-17(16)22(21-19)13-15-6-5-9-20-12-15/h5-6,9,12,18H,2-4,7-8,10-11,13-14H2,1H3. The zero-order valence-electron chi connectivity index (χ0n) is 15.7. The third-order valence-electron chi connectivity index (χ3n) is 5.47. The molecular weight excluding hydrogens is 364 g/mol. The molecule has 2 aromatic rings. The van der Waals surface area contributed by atoms with Crippen molar-refractivity contribution in [2.24, 2.45) is 0 Å². The first-order valence-corrected chi connectivity index (χ1v) is 11.3. The Hall–Kier alpha value is -1.77. The Kier molecular flexibility index (Phi) is 5.29. The molecule has 2 aromatic heterocycles. The van der Waals surface area contributed by atoms with Gasteiger partial charge in [0.25, 0.3) is 0 Å². The van der Waals surface area contributed by atoms with E-state index in [-0.39, 0.29) is 11.8 Å². The van der Waals surface area contributed by atoms with E-state index in [0.29, 0.717) is 26.3 Å². The molecule has 4 rings (SSSR count). The van der Waals surface area contributed by atoms with Crippen LogP contribution in [0.3, 0.4) is 0 Å². The van der Waals surface area contributed by atoms with Crippen LogP contribution in [0.5, 0.6) is 0 Å². The van der Waals surface area contributed by atoms with Crippen molar-refractivity contribution < 1.29 is 13.2 Å². The van der Waals surface area contributed by atoms with E-state index in [9.17, 15) is 8.42 Å². The fourth-order valence-corrected chi connectivity index (χ4v) is 5.41. The van der Waals surface area contributed by atoms with Gasteiger partial charge in [0.2, 0.25) is 10.0 Å². The van der Waals surface area contributed by atoms with E-state index in [1.807, 2.05) is 23.0 Å². The fourth-order valence-electron chi connectivity index (χ4n) is 4.07. The lowest BCUT2D eigenvalue weighted by Crippen LogP contribution is -2.40. The lowest BCUT2D eigenvalue weighted by molar-refractivity contribution is 0.107. The van der Waals surface area contributed by atoms with Crippen molar-refractivity contribution in [1.29, 1.82) is 0 Å². The zero-order chi connectivity index (χ0) is 18.9. The van der Waals surface area contributed by atoms with Crippen molar-refractivity contribution >= 4 is 10.0 Å². The number of hydrogen-bond donors (Lipinski definition) is 0. The maximum absolute atomic E-state index is 12.7. The summed E-state index contributed by atoms with van der Waals surface area (Å²) in [6, 6.07) is 3.77. The molecule has 0 bridgehead atoms. The van der Waals surface area contributed by atoms with Gasteiger partial charge >= 0.3 is 0 Å². The van der Waals surface area contributed by atoms with Gasteiger partial charge in [-0.25, -0.2) is 8.42 Å². The summed E-state index contributed by atoms with van der Waals surface area (Å²) in [5, 5.41) is 4.91. The second kappa shape index (κ2) is 7.69. The Morgan fingerprint density at radius 2 is 2.22 bits per heavy atom. The van der Waals surface area contributed by atoms with Gasteiger partial charge in [0, 0.05) is 36.6 Å². The van der Waals surface area contributed by atoms with Crippen LogP contribution in [0.15, 0.2) is 24.5 Å². The number of ether oxygens (including phenoxy) is 1. The molecule has 0 N–H and O–H groups in total. The molecule has 0 amide bonds. The average Bonchev–Trinajstić information content (AvgIpc) is 3.07. The van der Waals surface area contributed by atoms with E-state index in [1.54, 1.807) is 17.4 Å². The monoisotopic (exact) mass is 390 g/mol. The van der Waals surface area contributed by atoms with Gasteiger partial charge < -0.3 is 4.74 Å². The van der Waals surface area contributed by atoms with E-state index >= 15 is 0 Å². The van der Waals surface area contributed by atoms with Crippen LogP contribution in [0.25, 0.3) is 0 Å². The topological polar surface area (TPSA) is 77.3 Å². The Labute approximate surface area is 160 Å². The van der Waals surface area contributed by atoms with Crippen molar-refractivity contribution in [2.75, 3.05) is 18.9 Å². The van der Waals surface area contributed by atoms with E-state index < -0.39 is 10.0 Å². The van der Waals surface area contributed by atoms with Crippen LogP contribution in [0.2, 0.25) is 0 Å². The average molecular weight is 391 g/mol. The van der Waals surface area contributed by atoms with E-state index in [2.05, 4.69) is 4.98 Å². The van der Waals surface area contributed by atoms with Gasteiger partial charge in [0.1, 0.15) is 0 Å². The summed E-state index contributed by atoms with van der Waals surface area (Å²) in [6.07, 6.45) is 7.15. The predicted molar refractivity (Wildman–Crippen MR) is 102 cm³/mol. The number of aromatic nitrogens is 3. The molecule has 1 unspecified atom stereocenters. The fraction of sp³-hybridized carbons (Fsp3) is 0.579. The lowest BCUT2D eigenvalue weighted by Gasteiger charge is -2.34. The molecule has 1 atom stereocenters. The molecule has 2 aliphatic heterocycles. The highest BCUT2D eigenvalue weighted by molar-refractivity contribution is 7.89. The van der Waals surface area contributed by atoms with Crippen LogP contribution in [-0.4, -0.2) is 46.4 Å². The maximum Gasteiger partial charge on any atom is 0.214 e. The highest BCUT2D eigenvalue weighted by Crippen LogP contribution is 2.36. The summed E-state index contributed by atoms with van der Waals surface area (Å²) in [5.41, 5.74) is 4.21. The Balaban J connectivity index is 1.73. The van der Waals surface area contributed by atoms with Crippen molar-refractivity contribution in [1.82, 2.24) is 19.1 Å². The molecule has 27 heavy (non-hydrogen) atoms. The number of pyridine rings is 1. The van der Waals surface area contributed by atoms with Crippen LogP contribution in [-0.2, 0) is 34.3 Å². The summed E-state index contributed by atoms with van der Waals surface area (Å²) in [7, 11) is -3.26.